The molecule has 0 radical (unpaired) electrons. The van der Waals surface area contributed by atoms with Crippen molar-refractivity contribution < 1.29 is 18.4 Å². The predicted molar refractivity (Wildman–Crippen MR) is 103 cm³/mol. The summed E-state index contributed by atoms with van der Waals surface area (Å²) < 4.78 is 16.0. The maximum absolute atomic E-state index is 12.4. The lowest BCUT2D eigenvalue weighted by Crippen LogP contribution is -2.11. The van der Waals surface area contributed by atoms with Gasteiger partial charge in [0.1, 0.15) is 17.8 Å². The maximum atomic E-state index is 12.4. The molecule has 0 spiro atoms. The molecule has 6 nitrogen and oxygen atoms in total. The zero-order valence-corrected chi connectivity index (χ0v) is 15.1. The van der Waals surface area contributed by atoms with Crippen LogP contribution in [0.1, 0.15) is 28.6 Å². The van der Waals surface area contributed by atoms with Gasteiger partial charge in [0.05, 0.1) is 5.39 Å². The minimum Gasteiger partial charge on any atom is -0.455 e. The molecule has 6 heteroatoms. The first-order valence-corrected chi connectivity index (χ1v) is 8.81. The zero-order chi connectivity index (χ0) is 19.7. The molecule has 0 unspecified atom stereocenters. The summed E-state index contributed by atoms with van der Waals surface area (Å²) in [6, 6.07) is 14.6. The number of aryl methyl sites for hydroxylation is 1. The Bertz CT molecular complexity index is 1310. The second-order valence-corrected chi connectivity index (χ2v) is 6.32. The first kappa shape index (κ1) is 17.7. The van der Waals surface area contributed by atoms with Gasteiger partial charge < -0.3 is 13.6 Å². The largest absolute Gasteiger partial charge is 0.455 e. The van der Waals surface area contributed by atoms with E-state index in [1.807, 2.05) is 19.1 Å². The molecule has 4 rings (SSSR count). The Kier molecular flexibility index (Phi) is 4.53. The number of fused-ring (bicyclic) bond motifs is 2. The third kappa shape index (κ3) is 3.32. The fourth-order valence-corrected chi connectivity index (χ4v) is 3.03. The average Bonchev–Trinajstić information content (AvgIpc) is 2.71. The molecule has 0 atom stereocenters. The van der Waals surface area contributed by atoms with E-state index in [9.17, 15) is 14.4 Å². The molecule has 140 valence electrons. The van der Waals surface area contributed by atoms with E-state index < -0.39 is 11.6 Å². The second-order valence-electron chi connectivity index (χ2n) is 6.32. The SMILES string of the molecule is CCc1ccc2c(COC(=O)c3cc(=O)c4ccccc4o3)cc(=O)oc2c1. The van der Waals surface area contributed by atoms with E-state index in [0.29, 0.717) is 27.5 Å². The van der Waals surface area contributed by atoms with Gasteiger partial charge in [-0.2, -0.15) is 0 Å². The molecule has 0 saturated heterocycles. The Hall–Kier alpha value is -3.67. The third-order valence-electron chi connectivity index (χ3n) is 4.50. The fraction of sp³-hybridized carbons (Fsp3) is 0.136. The third-order valence-corrected chi connectivity index (χ3v) is 4.50. The van der Waals surface area contributed by atoms with Crippen LogP contribution in [0.3, 0.4) is 0 Å². The van der Waals surface area contributed by atoms with E-state index in [1.165, 1.54) is 6.07 Å². The molecule has 0 aliphatic carbocycles. The summed E-state index contributed by atoms with van der Waals surface area (Å²) in [4.78, 5) is 36.4. The van der Waals surface area contributed by atoms with Gasteiger partial charge in [0.15, 0.2) is 5.43 Å². The Labute approximate surface area is 159 Å². The maximum Gasteiger partial charge on any atom is 0.374 e. The lowest BCUT2D eigenvalue weighted by Gasteiger charge is -2.08. The van der Waals surface area contributed by atoms with Crippen LogP contribution in [0.5, 0.6) is 0 Å². The number of ether oxygens (including phenoxy) is 1. The van der Waals surface area contributed by atoms with Gasteiger partial charge in [-0.25, -0.2) is 9.59 Å². The first-order chi connectivity index (χ1) is 13.5. The van der Waals surface area contributed by atoms with Gasteiger partial charge in [0.25, 0.3) is 0 Å². The Morgan fingerprint density at radius 2 is 1.75 bits per heavy atom. The van der Waals surface area contributed by atoms with Crippen molar-refractivity contribution in [3.63, 3.8) is 0 Å². The van der Waals surface area contributed by atoms with E-state index in [0.717, 1.165) is 18.1 Å². The monoisotopic (exact) mass is 376 g/mol. The molecule has 2 heterocycles. The Balaban J connectivity index is 1.63. The van der Waals surface area contributed by atoms with E-state index in [4.69, 9.17) is 13.6 Å². The molecule has 2 aromatic carbocycles. The van der Waals surface area contributed by atoms with Crippen LogP contribution in [0, 0.1) is 0 Å². The highest BCUT2D eigenvalue weighted by molar-refractivity contribution is 5.89. The molecule has 0 bridgehead atoms. The van der Waals surface area contributed by atoms with Crippen molar-refractivity contribution in [3.8, 4) is 0 Å². The van der Waals surface area contributed by atoms with Gasteiger partial charge in [0.2, 0.25) is 5.76 Å². The lowest BCUT2D eigenvalue weighted by atomic mass is 10.1. The quantitative estimate of drug-likeness (QED) is 0.397. The van der Waals surface area contributed by atoms with Crippen molar-refractivity contribution in [3.05, 3.63) is 92.1 Å². The molecule has 0 aliphatic heterocycles. The van der Waals surface area contributed by atoms with Crippen molar-refractivity contribution in [1.29, 1.82) is 0 Å². The first-order valence-electron chi connectivity index (χ1n) is 8.81. The van der Waals surface area contributed by atoms with Crippen molar-refractivity contribution in [2.24, 2.45) is 0 Å². The molecular formula is C22H16O6. The standard InChI is InChI=1S/C22H16O6/c1-2-13-7-8-15-14(10-21(24)28-19(15)9-13)12-26-22(25)20-11-17(23)16-5-3-4-6-18(16)27-20/h3-11H,2,12H2,1H3. The van der Waals surface area contributed by atoms with Crippen molar-refractivity contribution in [1.82, 2.24) is 0 Å². The molecule has 2 aromatic heterocycles. The van der Waals surface area contributed by atoms with E-state index >= 15 is 0 Å². The number of rotatable bonds is 4. The Morgan fingerprint density at radius 3 is 2.57 bits per heavy atom. The molecular weight excluding hydrogens is 360 g/mol. The number of para-hydroxylation sites is 1. The summed E-state index contributed by atoms with van der Waals surface area (Å²) in [5.41, 5.74) is 1.44. The predicted octanol–water partition coefficient (Wildman–Crippen LogP) is 3.82. The zero-order valence-electron chi connectivity index (χ0n) is 15.1. The van der Waals surface area contributed by atoms with Crippen molar-refractivity contribution in [2.75, 3.05) is 0 Å². The second kappa shape index (κ2) is 7.15. The molecule has 0 amide bonds. The van der Waals surface area contributed by atoms with Crippen LogP contribution < -0.4 is 11.1 Å². The van der Waals surface area contributed by atoms with Crippen molar-refractivity contribution >= 4 is 27.9 Å². The number of hydrogen-bond acceptors (Lipinski definition) is 6. The summed E-state index contributed by atoms with van der Waals surface area (Å²) in [6.45, 7) is 1.85. The summed E-state index contributed by atoms with van der Waals surface area (Å²) >= 11 is 0. The fourth-order valence-electron chi connectivity index (χ4n) is 3.03. The van der Waals surface area contributed by atoms with Crippen LogP contribution in [0.4, 0.5) is 0 Å². The molecule has 0 saturated carbocycles. The van der Waals surface area contributed by atoms with E-state index in [-0.39, 0.29) is 17.8 Å². The topological polar surface area (TPSA) is 86.7 Å². The van der Waals surface area contributed by atoms with Crippen LogP contribution in [0.25, 0.3) is 21.9 Å². The molecule has 4 aromatic rings. The minimum absolute atomic E-state index is 0.150. The molecule has 0 N–H and O–H groups in total. The summed E-state index contributed by atoms with van der Waals surface area (Å²) in [7, 11) is 0. The van der Waals surface area contributed by atoms with E-state index in [2.05, 4.69) is 0 Å². The molecule has 0 aliphatic rings. The van der Waals surface area contributed by atoms with Crippen molar-refractivity contribution in [2.45, 2.75) is 20.0 Å². The van der Waals surface area contributed by atoms with Gasteiger partial charge in [-0.05, 0) is 30.2 Å². The number of hydrogen-bond donors (Lipinski definition) is 0. The van der Waals surface area contributed by atoms with Crippen LogP contribution >= 0.6 is 0 Å². The number of esters is 1. The van der Waals surface area contributed by atoms with Gasteiger partial charge in [-0.15, -0.1) is 0 Å². The minimum atomic E-state index is -0.783. The number of carbonyl (C=O) groups excluding carboxylic acids is 1. The van der Waals surface area contributed by atoms with Crippen LogP contribution in [-0.2, 0) is 17.8 Å². The lowest BCUT2D eigenvalue weighted by molar-refractivity contribution is 0.0438. The Morgan fingerprint density at radius 1 is 0.929 bits per heavy atom. The number of carbonyl (C=O) groups is 1. The van der Waals surface area contributed by atoms with Gasteiger partial charge in [0, 0.05) is 23.1 Å². The average molecular weight is 376 g/mol. The molecule has 28 heavy (non-hydrogen) atoms. The van der Waals surface area contributed by atoms with Crippen LogP contribution in [-0.4, -0.2) is 5.97 Å². The highest BCUT2D eigenvalue weighted by Gasteiger charge is 2.15. The van der Waals surface area contributed by atoms with Crippen LogP contribution in [0.2, 0.25) is 0 Å². The van der Waals surface area contributed by atoms with Gasteiger partial charge in [-0.3, -0.25) is 4.79 Å². The number of benzene rings is 2. The van der Waals surface area contributed by atoms with Gasteiger partial charge >= 0.3 is 11.6 Å². The molecule has 0 fully saturated rings. The van der Waals surface area contributed by atoms with Crippen LogP contribution in [0.15, 0.2) is 73.0 Å². The smallest absolute Gasteiger partial charge is 0.374 e. The highest BCUT2D eigenvalue weighted by atomic mass is 16.5. The normalized spacial score (nSPS) is 11.0. The van der Waals surface area contributed by atoms with Gasteiger partial charge in [-0.1, -0.05) is 31.2 Å². The van der Waals surface area contributed by atoms with E-state index in [1.54, 1.807) is 30.3 Å². The summed E-state index contributed by atoms with van der Waals surface area (Å²) in [6.07, 6.45) is 0.805. The summed E-state index contributed by atoms with van der Waals surface area (Å²) in [5, 5.41) is 1.07. The summed E-state index contributed by atoms with van der Waals surface area (Å²) in [5.74, 6) is -0.973. The highest BCUT2D eigenvalue weighted by Crippen LogP contribution is 2.20.